The van der Waals surface area contributed by atoms with E-state index in [0.717, 1.165) is 25.5 Å². The van der Waals surface area contributed by atoms with Gasteiger partial charge in [0.25, 0.3) is 0 Å². The van der Waals surface area contributed by atoms with Crippen molar-refractivity contribution in [1.82, 2.24) is 0 Å². The highest BCUT2D eigenvalue weighted by atomic mass is 16.6. The third kappa shape index (κ3) is 14.5. The summed E-state index contributed by atoms with van der Waals surface area (Å²) in [6, 6.07) is 0. The maximum Gasteiger partial charge on any atom is 0.246 e. The lowest BCUT2D eigenvalue weighted by Crippen LogP contribution is -1.99. The first-order chi connectivity index (χ1) is 13.0. The second kappa shape index (κ2) is 17.1. The molecular formula is C20H32N2O5. The molecule has 0 spiro atoms. The summed E-state index contributed by atoms with van der Waals surface area (Å²) in [4.78, 5) is 31.5. The van der Waals surface area contributed by atoms with Crippen molar-refractivity contribution in [2.75, 3.05) is 0 Å². The number of nitro groups is 2. The molecule has 0 atom stereocenters. The van der Waals surface area contributed by atoms with E-state index in [2.05, 4.69) is 6.92 Å². The monoisotopic (exact) mass is 380 g/mol. The van der Waals surface area contributed by atoms with Gasteiger partial charge in [0.1, 0.15) is 6.29 Å². The molecule has 27 heavy (non-hydrogen) atoms. The lowest BCUT2D eigenvalue weighted by Gasteiger charge is -2.00. The van der Waals surface area contributed by atoms with Gasteiger partial charge in [-0.25, -0.2) is 0 Å². The van der Waals surface area contributed by atoms with Gasteiger partial charge in [0.2, 0.25) is 11.4 Å². The van der Waals surface area contributed by atoms with Crippen LogP contribution < -0.4 is 0 Å². The minimum atomic E-state index is -0.428. The minimum Gasteiger partial charge on any atom is -0.303 e. The standard InChI is InChI=1S/C20H32N2O5/c1-2-3-4-5-6-9-14-19(21(24)25)15-10-7-11-16-20(22(26)27)17-12-8-13-18-23/h7,11,15,17-18H,2-6,8-10,12-14,16H2,1H3/b11-7-,19-15+,20-17+. The molecule has 7 nitrogen and oxygen atoms in total. The van der Waals surface area contributed by atoms with Crippen LogP contribution in [0.2, 0.25) is 0 Å². The van der Waals surface area contributed by atoms with Crippen molar-refractivity contribution in [2.45, 2.75) is 84.0 Å². The van der Waals surface area contributed by atoms with Crippen molar-refractivity contribution in [3.63, 3.8) is 0 Å². The number of unbranched alkanes of at least 4 members (excludes halogenated alkanes) is 7. The van der Waals surface area contributed by atoms with Gasteiger partial charge in [-0.05, 0) is 37.8 Å². The Morgan fingerprint density at radius 2 is 1.48 bits per heavy atom. The van der Waals surface area contributed by atoms with Crippen LogP contribution >= 0.6 is 0 Å². The van der Waals surface area contributed by atoms with Crippen molar-refractivity contribution < 1.29 is 14.6 Å². The van der Waals surface area contributed by atoms with Crippen LogP contribution in [0.1, 0.15) is 84.0 Å². The summed E-state index contributed by atoms with van der Waals surface area (Å²) in [5.74, 6) is 0. The Balaban J connectivity index is 4.34. The summed E-state index contributed by atoms with van der Waals surface area (Å²) in [7, 11) is 0. The number of rotatable bonds is 17. The molecule has 0 N–H and O–H groups in total. The molecule has 0 bridgehead atoms. The number of nitrogens with zero attached hydrogens (tertiary/aromatic N) is 2. The highest BCUT2D eigenvalue weighted by Crippen LogP contribution is 2.13. The Morgan fingerprint density at radius 1 is 0.815 bits per heavy atom. The second-order valence-electron chi connectivity index (χ2n) is 6.43. The summed E-state index contributed by atoms with van der Waals surface area (Å²) in [5, 5.41) is 22.1. The van der Waals surface area contributed by atoms with Crippen molar-refractivity contribution >= 4 is 6.29 Å². The highest BCUT2D eigenvalue weighted by Gasteiger charge is 2.09. The van der Waals surface area contributed by atoms with Crippen molar-refractivity contribution in [3.05, 3.63) is 55.9 Å². The van der Waals surface area contributed by atoms with Crippen LogP contribution in [-0.4, -0.2) is 16.1 Å². The molecular weight excluding hydrogens is 348 g/mol. The van der Waals surface area contributed by atoms with Gasteiger partial charge in [0, 0.05) is 12.8 Å². The average molecular weight is 380 g/mol. The minimum absolute atomic E-state index is 0.0858. The lowest BCUT2D eigenvalue weighted by molar-refractivity contribution is -0.428. The van der Waals surface area contributed by atoms with Crippen molar-refractivity contribution in [3.8, 4) is 0 Å². The largest absolute Gasteiger partial charge is 0.303 e. The van der Waals surface area contributed by atoms with E-state index in [1.165, 1.54) is 25.3 Å². The molecule has 0 aliphatic heterocycles. The number of aldehydes is 1. The molecule has 0 saturated heterocycles. The van der Waals surface area contributed by atoms with Gasteiger partial charge in [-0.3, -0.25) is 20.2 Å². The molecule has 0 unspecified atom stereocenters. The van der Waals surface area contributed by atoms with E-state index >= 15 is 0 Å². The first-order valence-electron chi connectivity index (χ1n) is 9.78. The Labute approximate surface area is 161 Å². The maximum atomic E-state index is 11.1. The molecule has 0 heterocycles. The van der Waals surface area contributed by atoms with Gasteiger partial charge in [0.15, 0.2) is 0 Å². The van der Waals surface area contributed by atoms with E-state index in [4.69, 9.17) is 0 Å². The highest BCUT2D eigenvalue weighted by molar-refractivity contribution is 5.49. The Bertz CT molecular complexity index is 538. The van der Waals surface area contributed by atoms with E-state index in [9.17, 15) is 25.0 Å². The van der Waals surface area contributed by atoms with Crippen LogP contribution in [0.3, 0.4) is 0 Å². The third-order valence-electron chi connectivity index (χ3n) is 4.14. The van der Waals surface area contributed by atoms with Crippen molar-refractivity contribution in [1.29, 1.82) is 0 Å². The summed E-state index contributed by atoms with van der Waals surface area (Å²) < 4.78 is 0. The first-order valence-corrected chi connectivity index (χ1v) is 9.78. The molecule has 0 aromatic carbocycles. The fourth-order valence-corrected chi connectivity index (χ4v) is 2.56. The predicted octanol–water partition coefficient (Wildman–Crippen LogP) is 5.76. The number of allylic oxidation sites excluding steroid dienone is 5. The average Bonchev–Trinajstić information content (AvgIpc) is 2.63. The third-order valence-corrected chi connectivity index (χ3v) is 4.14. The molecule has 7 heteroatoms. The fraction of sp³-hybridized carbons (Fsp3) is 0.650. The lowest BCUT2D eigenvalue weighted by atomic mass is 10.1. The van der Waals surface area contributed by atoms with Gasteiger partial charge in [-0.2, -0.15) is 0 Å². The molecule has 0 rings (SSSR count). The molecule has 0 aromatic rings. The fourth-order valence-electron chi connectivity index (χ4n) is 2.56. The normalized spacial score (nSPS) is 12.5. The van der Waals surface area contributed by atoms with Gasteiger partial charge in [-0.15, -0.1) is 0 Å². The van der Waals surface area contributed by atoms with Crippen molar-refractivity contribution in [2.24, 2.45) is 0 Å². The van der Waals surface area contributed by atoms with E-state index < -0.39 is 4.92 Å². The molecule has 0 aromatic heterocycles. The number of carbonyl (C=O) groups is 1. The SMILES string of the molecule is CCCCCCCC/C(=C\C/C=C\C/C(=C\CCCC=O)[N+](=O)[O-])[N+](=O)[O-]. The van der Waals surface area contributed by atoms with Crippen LogP contribution in [0.15, 0.2) is 35.7 Å². The Kier molecular flexibility index (Phi) is 15.7. The zero-order valence-corrected chi connectivity index (χ0v) is 16.3. The van der Waals surface area contributed by atoms with E-state index in [1.54, 1.807) is 18.2 Å². The molecule has 0 saturated carbocycles. The number of hydrogen-bond donors (Lipinski definition) is 0. The van der Waals surface area contributed by atoms with Gasteiger partial charge in [-0.1, -0.05) is 51.2 Å². The van der Waals surface area contributed by atoms with Crippen LogP contribution in [0.5, 0.6) is 0 Å². The van der Waals surface area contributed by atoms with E-state index in [0.29, 0.717) is 32.1 Å². The maximum absolute atomic E-state index is 11.1. The predicted molar refractivity (Wildman–Crippen MR) is 106 cm³/mol. The Hall–Kier alpha value is -2.31. The van der Waals surface area contributed by atoms with E-state index in [-0.39, 0.29) is 22.7 Å². The first kappa shape index (κ1) is 24.7. The van der Waals surface area contributed by atoms with Crippen LogP contribution in [-0.2, 0) is 4.79 Å². The molecule has 152 valence electrons. The summed E-state index contributed by atoms with van der Waals surface area (Å²) >= 11 is 0. The summed E-state index contributed by atoms with van der Waals surface area (Å²) in [6.07, 6.45) is 16.3. The quantitative estimate of drug-likeness (QED) is 0.105. The Morgan fingerprint density at radius 3 is 2.11 bits per heavy atom. The van der Waals surface area contributed by atoms with Crippen LogP contribution in [0.4, 0.5) is 0 Å². The van der Waals surface area contributed by atoms with Gasteiger partial charge < -0.3 is 4.79 Å². The summed E-state index contributed by atoms with van der Waals surface area (Å²) in [5.41, 5.74) is 0.303. The van der Waals surface area contributed by atoms with Crippen LogP contribution in [0.25, 0.3) is 0 Å². The molecule has 0 aliphatic carbocycles. The molecule has 0 radical (unpaired) electrons. The smallest absolute Gasteiger partial charge is 0.246 e. The molecule has 0 aliphatic rings. The summed E-state index contributed by atoms with van der Waals surface area (Å²) in [6.45, 7) is 2.15. The van der Waals surface area contributed by atoms with E-state index in [1.807, 2.05) is 0 Å². The second-order valence-corrected chi connectivity index (χ2v) is 6.43. The molecule has 0 amide bonds. The topological polar surface area (TPSA) is 103 Å². The number of carbonyl (C=O) groups excluding carboxylic acids is 1. The van der Waals surface area contributed by atoms with Crippen LogP contribution in [0, 0.1) is 20.2 Å². The zero-order chi connectivity index (χ0) is 20.3. The number of hydrogen-bond acceptors (Lipinski definition) is 5. The van der Waals surface area contributed by atoms with Gasteiger partial charge in [0.05, 0.1) is 16.3 Å². The van der Waals surface area contributed by atoms with Gasteiger partial charge >= 0.3 is 0 Å². The molecule has 0 fully saturated rings. The zero-order valence-electron chi connectivity index (χ0n) is 16.3.